The van der Waals surface area contributed by atoms with E-state index >= 15 is 0 Å². The molecule has 26 heavy (non-hydrogen) atoms. The number of nitrogens with zero attached hydrogens (tertiary/aromatic N) is 2. The van der Waals surface area contributed by atoms with E-state index in [1.807, 2.05) is 71.6 Å². The third-order valence-corrected chi connectivity index (χ3v) is 4.89. The van der Waals surface area contributed by atoms with Crippen LogP contribution in [0.2, 0.25) is 0 Å². The van der Waals surface area contributed by atoms with E-state index in [-0.39, 0.29) is 5.91 Å². The van der Waals surface area contributed by atoms with E-state index < -0.39 is 0 Å². The zero-order chi connectivity index (χ0) is 17.5. The largest absolute Gasteiger partial charge is 0.355 e. The van der Waals surface area contributed by atoms with Gasteiger partial charge in [-0.3, -0.25) is 4.79 Å². The zero-order valence-corrected chi connectivity index (χ0v) is 14.1. The lowest BCUT2D eigenvalue weighted by Crippen LogP contribution is -2.28. The van der Waals surface area contributed by atoms with Crippen molar-refractivity contribution in [3.63, 3.8) is 0 Å². The van der Waals surface area contributed by atoms with Gasteiger partial charge in [-0.25, -0.2) is 0 Å². The van der Waals surface area contributed by atoms with Gasteiger partial charge in [-0.1, -0.05) is 53.7 Å². The first-order valence-electron chi connectivity index (χ1n) is 8.66. The zero-order valence-electron chi connectivity index (χ0n) is 14.1. The Bertz CT molecular complexity index is 1120. The molecule has 0 unspecified atom stereocenters. The molecule has 5 rings (SSSR count). The molecule has 0 saturated heterocycles. The minimum Gasteiger partial charge on any atom is -0.355 e. The van der Waals surface area contributed by atoms with Gasteiger partial charge in [-0.2, -0.15) is 0 Å². The van der Waals surface area contributed by atoms with E-state index in [0.29, 0.717) is 17.9 Å². The van der Waals surface area contributed by atoms with Crippen molar-refractivity contribution in [2.24, 2.45) is 0 Å². The van der Waals surface area contributed by atoms with Gasteiger partial charge < -0.3 is 9.42 Å². The van der Waals surface area contributed by atoms with E-state index in [2.05, 4.69) is 11.2 Å². The van der Waals surface area contributed by atoms with E-state index in [9.17, 15) is 4.79 Å². The van der Waals surface area contributed by atoms with Crippen LogP contribution in [0.1, 0.15) is 15.9 Å². The summed E-state index contributed by atoms with van der Waals surface area (Å²) in [6, 6.07) is 23.5. The van der Waals surface area contributed by atoms with E-state index in [0.717, 1.165) is 28.6 Å². The molecule has 4 aromatic rings. The van der Waals surface area contributed by atoms with Gasteiger partial charge in [0.25, 0.3) is 5.91 Å². The van der Waals surface area contributed by atoms with Crippen LogP contribution in [-0.4, -0.2) is 17.6 Å². The topological polar surface area (TPSA) is 46.3 Å². The van der Waals surface area contributed by atoms with Crippen molar-refractivity contribution < 1.29 is 9.32 Å². The molecular formula is C22H16N2O2. The van der Waals surface area contributed by atoms with E-state index in [1.165, 1.54) is 5.56 Å². The summed E-state index contributed by atoms with van der Waals surface area (Å²) >= 11 is 0. The maximum Gasteiger partial charge on any atom is 0.258 e. The van der Waals surface area contributed by atoms with Crippen molar-refractivity contribution in [3.8, 4) is 11.3 Å². The molecular weight excluding hydrogens is 324 g/mol. The Morgan fingerprint density at radius 1 is 0.962 bits per heavy atom. The Balaban J connectivity index is 1.57. The third kappa shape index (κ3) is 2.30. The van der Waals surface area contributed by atoms with E-state index in [1.54, 1.807) is 0 Å². The molecule has 0 atom stereocenters. The Kier molecular flexibility index (Phi) is 3.35. The number of benzene rings is 3. The lowest BCUT2D eigenvalue weighted by Gasteiger charge is -2.17. The van der Waals surface area contributed by atoms with Crippen LogP contribution < -0.4 is 4.90 Å². The fourth-order valence-electron chi connectivity index (χ4n) is 3.58. The smallest absolute Gasteiger partial charge is 0.258 e. The summed E-state index contributed by atoms with van der Waals surface area (Å²) < 4.78 is 5.54. The van der Waals surface area contributed by atoms with Crippen LogP contribution in [-0.2, 0) is 6.42 Å². The molecule has 1 aliphatic rings. The first-order valence-corrected chi connectivity index (χ1v) is 8.66. The fraction of sp³-hybridized carbons (Fsp3) is 0.0909. The van der Waals surface area contributed by atoms with Gasteiger partial charge in [0, 0.05) is 23.4 Å². The molecule has 1 aromatic heterocycles. The van der Waals surface area contributed by atoms with Crippen LogP contribution in [0.4, 0.5) is 5.69 Å². The second-order valence-electron chi connectivity index (χ2n) is 6.45. The van der Waals surface area contributed by atoms with Crippen molar-refractivity contribution >= 4 is 22.5 Å². The molecule has 0 radical (unpaired) electrons. The lowest BCUT2D eigenvalue weighted by molar-refractivity contribution is 0.0989. The maximum atomic E-state index is 13.1. The number of hydrogen-bond donors (Lipinski definition) is 0. The average Bonchev–Trinajstić information content (AvgIpc) is 3.32. The standard InChI is InChI=1S/C22H16N2O2/c25-22(24-13-12-15-6-4-5-9-20(15)24)17-10-11-19-18(14-17)21(26-23-19)16-7-2-1-3-8-16/h1-11,14H,12-13H2. The first-order chi connectivity index (χ1) is 12.8. The second-order valence-corrected chi connectivity index (χ2v) is 6.45. The van der Waals surface area contributed by atoms with Crippen LogP contribution >= 0.6 is 0 Å². The summed E-state index contributed by atoms with van der Waals surface area (Å²) in [5.74, 6) is 0.703. The van der Waals surface area contributed by atoms with Crippen LogP contribution in [0.3, 0.4) is 0 Å². The fourth-order valence-corrected chi connectivity index (χ4v) is 3.58. The normalized spacial score (nSPS) is 13.2. The number of carbonyl (C=O) groups is 1. The van der Waals surface area contributed by atoms with Crippen LogP contribution in [0.25, 0.3) is 22.2 Å². The number of amides is 1. The predicted octanol–water partition coefficient (Wildman–Crippen LogP) is 4.70. The van der Waals surface area contributed by atoms with Crippen molar-refractivity contribution in [1.82, 2.24) is 5.16 Å². The molecule has 2 heterocycles. The summed E-state index contributed by atoms with van der Waals surface area (Å²) in [6.45, 7) is 0.714. The SMILES string of the molecule is O=C(c1ccc2noc(-c3ccccc3)c2c1)N1CCc2ccccc21. The number of carbonyl (C=O) groups excluding carboxylic acids is 1. The number of hydrogen-bond acceptors (Lipinski definition) is 3. The van der Waals surface area contributed by atoms with Gasteiger partial charge in [-0.15, -0.1) is 0 Å². The molecule has 0 aliphatic carbocycles. The molecule has 4 nitrogen and oxygen atoms in total. The van der Waals surface area contributed by atoms with Gasteiger partial charge in [0.1, 0.15) is 5.52 Å². The Hall–Kier alpha value is -3.40. The summed E-state index contributed by atoms with van der Waals surface area (Å²) in [4.78, 5) is 15.0. The highest BCUT2D eigenvalue weighted by molar-refractivity contribution is 6.09. The van der Waals surface area contributed by atoms with Crippen LogP contribution in [0, 0.1) is 0 Å². The highest BCUT2D eigenvalue weighted by Gasteiger charge is 2.25. The molecule has 0 N–H and O–H groups in total. The quantitative estimate of drug-likeness (QED) is 0.531. The van der Waals surface area contributed by atoms with Gasteiger partial charge in [0.2, 0.25) is 0 Å². The molecule has 1 amide bonds. The van der Waals surface area contributed by atoms with Crippen molar-refractivity contribution in [1.29, 1.82) is 0 Å². The number of fused-ring (bicyclic) bond motifs is 2. The van der Waals surface area contributed by atoms with Crippen LogP contribution in [0.5, 0.6) is 0 Å². The molecule has 0 bridgehead atoms. The van der Waals surface area contributed by atoms with Gasteiger partial charge in [-0.05, 0) is 36.2 Å². The van der Waals surface area contributed by atoms with Gasteiger partial charge in [0.15, 0.2) is 5.76 Å². The monoisotopic (exact) mass is 340 g/mol. The number of aromatic nitrogens is 1. The van der Waals surface area contributed by atoms with Gasteiger partial charge in [0.05, 0.1) is 5.39 Å². The summed E-state index contributed by atoms with van der Waals surface area (Å²) in [7, 11) is 0. The van der Waals surface area contributed by atoms with E-state index in [4.69, 9.17) is 4.52 Å². The molecule has 0 spiro atoms. The highest BCUT2D eigenvalue weighted by Crippen LogP contribution is 2.32. The Morgan fingerprint density at radius 2 is 1.77 bits per heavy atom. The van der Waals surface area contributed by atoms with Crippen molar-refractivity contribution in [2.75, 3.05) is 11.4 Å². The summed E-state index contributed by atoms with van der Waals surface area (Å²) in [6.07, 6.45) is 0.896. The minimum absolute atomic E-state index is 0.0112. The molecule has 4 heteroatoms. The van der Waals surface area contributed by atoms with Gasteiger partial charge >= 0.3 is 0 Å². The van der Waals surface area contributed by atoms with Crippen molar-refractivity contribution in [3.05, 3.63) is 83.9 Å². The highest BCUT2D eigenvalue weighted by atomic mass is 16.5. The average molecular weight is 340 g/mol. The molecule has 1 aliphatic heterocycles. The number of para-hydroxylation sites is 1. The van der Waals surface area contributed by atoms with Crippen LogP contribution in [0.15, 0.2) is 77.3 Å². The second kappa shape index (κ2) is 5.85. The Morgan fingerprint density at radius 3 is 2.65 bits per heavy atom. The maximum absolute atomic E-state index is 13.1. The number of rotatable bonds is 2. The molecule has 3 aromatic carbocycles. The molecule has 0 fully saturated rings. The Labute approximate surface area is 150 Å². The molecule has 126 valence electrons. The lowest BCUT2D eigenvalue weighted by atomic mass is 10.1. The summed E-state index contributed by atoms with van der Waals surface area (Å²) in [5, 5.41) is 4.99. The number of anilines is 1. The predicted molar refractivity (Wildman–Crippen MR) is 101 cm³/mol. The third-order valence-electron chi connectivity index (χ3n) is 4.89. The minimum atomic E-state index is 0.0112. The summed E-state index contributed by atoms with van der Waals surface area (Å²) in [5.41, 5.74) is 4.58. The van der Waals surface area contributed by atoms with Crippen molar-refractivity contribution in [2.45, 2.75) is 6.42 Å². The molecule has 0 saturated carbocycles. The first kappa shape index (κ1) is 14.9.